The number of hydrogen-bond donors (Lipinski definition) is 0. The van der Waals surface area contributed by atoms with Gasteiger partial charge in [0, 0.05) is 5.39 Å². The van der Waals surface area contributed by atoms with Crippen molar-refractivity contribution in [3.63, 3.8) is 0 Å². The number of aryl methyl sites for hydroxylation is 2. The first kappa shape index (κ1) is 16.2. The van der Waals surface area contributed by atoms with E-state index in [-0.39, 0.29) is 10.5 Å². The molecule has 24 heavy (non-hydrogen) atoms. The second kappa shape index (κ2) is 5.76. The lowest BCUT2D eigenvalue weighted by Gasteiger charge is -2.10. The van der Waals surface area contributed by atoms with Gasteiger partial charge in [-0.3, -0.25) is 4.79 Å². The fourth-order valence-electron chi connectivity index (χ4n) is 2.65. The summed E-state index contributed by atoms with van der Waals surface area (Å²) in [6, 6.07) is 8.17. The first-order chi connectivity index (χ1) is 11.4. The molecule has 124 valence electrons. The lowest BCUT2D eigenvalue weighted by Crippen LogP contribution is -2.15. The molecule has 1 aromatic heterocycles. The van der Waals surface area contributed by atoms with Gasteiger partial charge in [-0.1, -0.05) is 17.7 Å². The summed E-state index contributed by atoms with van der Waals surface area (Å²) in [5, 5.41) is 4.47. The molecule has 0 N–H and O–H groups in total. The average Bonchev–Trinajstić information content (AvgIpc) is 3.01. The van der Waals surface area contributed by atoms with Gasteiger partial charge in [0.15, 0.2) is 6.29 Å². The number of benzene rings is 2. The van der Waals surface area contributed by atoms with Crippen molar-refractivity contribution in [1.82, 2.24) is 9.19 Å². The lowest BCUT2D eigenvalue weighted by atomic mass is 10.1. The number of rotatable bonds is 4. The van der Waals surface area contributed by atoms with Crippen molar-refractivity contribution in [3.8, 4) is 5.75 Å². The lowest BCUT2D eigenvalue weighted by molar-refractivity contribution is 0.112. The summed E-state index contributed by atoms with van der Waals surface area (Å²) < 4.78 is 32.0. The van der Waals surface area contributed by atoms with Crippen molar-refractivity contribution < 1.29 is 17.9 Å². The monoisotopic (exact) mass is 344 g/mol. The summed E-state index contributed by atoms with van der Waals surface area (Å²) in [7, 11) is -2.40. The van der Waals surface area contributed by atoms with Gasteiger partial charge in [0.1, 0.15) is 5.75 Å². The van der Waals surface area contributed by atoms with Crippen molar-refractivity contribution in [3.05, 3.63) is 53.2 Å². The molecule has 0 spiro atoms. The molecule has 2 aromatic carbocycles. The molecule has 0 saturated heterocycles. The topological polar surface area (TPSA) is 78.3 Å². The van der Waals surface area contributed by atoms with E-state index in [1.54, 1.807) is 25.1 Å². The van der Waals surface area contributed by atoms with Gasteiger partial charge < -0.3 is 4.74 Å². The maximum Gasteiger partial charge on any atom is 0.283 e. The smallest absolute Gasteiger partial charge is 0.283 e. The Morgan fingerprint density at radius 3 is 2.42 bits per heavy atom. The molecule has 7 heteroatoms. The quantitative estimate of drug-likeness (QED) is 0.680. The van der Waals surface area contributed by atoms with Gasteiger partial charge in [-0.05, 0) is 37.6 Å². The minimum atomic E-state index is -3.86. The predicted molar refractivity (Wildman–Crippen MR) is 90.2 cm³/mol. The van der Waals surface area contributed by atoms with Crippen LogP contribution in [0.2, 0.25) is 0 Å². The molecule has 0 atom stereocenters. The van der Waals surface area contributed by atoms with E-state index in [1.165, 1.54) is 25.4 Å². The molecule has 0 fully saturated rings. The van der Waals surface area contributed by atoms with Crippen LogP contribution in [-0.4, -0.2) is 31.0 Å². The molecule has 0 amide bonds. The fourth-order valence-corrected chi connectivity index (χ4v) is 3.98. The Labute approximate surface area is 139 Å². The van der Waals surface area contributed by atoms with Crippen molar-refractivity contribution >= 4 is 27.2 Å². The number of ether oxygens (including phenoxy) is 1. The summed E-state index contributed by atoms with van der Waals surface area (Å²) in [5.74, 6) is 0.391. The second-order valence-corrected chi connectivity index (χ2v) is 7.26. The highest BCUT2D eigenvalue weighted by Gasteiger charge is 2.24. The third-order valence-corrected chi connectivity index (χ3v) is 5.50. The third kappa shape index (κ3) is 2.37. The molecule has 0 aliphatic carbocycles. The van der Waals surface area contributed by atoms with Gasteiger partial charge in [-0.2, -0.15) is 17.6 Å². The average molecular weight is 344 g/mol. The van der Waals surface area contributed by atoms with Crippen LogP contribution in [0.3, 0.4) is 0 Å². The van der Waals surface area contributed by atoms with Gasteiger partial charge in [-0.15, -0.1) is 0 Å². The number of methoxy groups -OCH3 is 1. The maximum absolute atomic E-state index is 12.9. The standard InChI is InChI=1S/C17H16N2O4S/c1-11-4-6-13(7-5-11)24(21,22)19-17-12(2)8-16(23-3)15(10-20)14(17)9-18-19/h4-10H,1-3H3. The zero-order valence-electron chi connectivity index (χ0n) is 13.5. The molecule has 0 aliphatic rings. The van der Waals surface area contributed by atoms with Crippen molar-refractivity contribution in [2.45, 2.75) is 18.7 Å². The number of carbonyl (C=O) groups excluding carboxylic acids is 1. The summed E-state index contributed by atoms with van der Waals surface area (Å²) in [5.41, 5.74) is 2.27. The number of nitrogens with zero attached hydrogens (tertiary/aromatic N) is 2. The predicted octanol–water partition coefficient (Wildman–Crippen LogP) is 2.71. The van der Waals surface area contributed by atoms with Crippen LogP contribution in [0, 0.1) is 13.8 Å². The summed E-state index contributed by atoms with van der Waals surface area (Å²) >= 11 is 0. The van der Waals surface area contributed by atoms with Crippen LogP contribution < -0.4 is 4.74 Å². The van der Waals surface area contributed by atoms with Gasteiger partial charge in [-0.25, -0.2) is 0 Å². The molecule has 3 rings (SSSR count). The number of hydrogen-bond acceptors (Lipinski definition) is 5. The molecule has 0 bridgehead atoms. The summed E-state index contributed by atoms with van der Waals surface area (Å²) in [6.07, 6.45) is 2.02. The van der Waals surface area contributed by atoms with E-state index in [0.29, 0.717) is 28.5 Å². The highest BCUT2D eigenvalue weighted by molar-refractivity contribution is 7.90. The number of aromatic nitrogens is 2. The van der Waals surface area contributed by atoms with Crippen LogP contribution >= 0.6 is 0 Å². The zero-order chi connectivity index (χ0) is 17.5. The number of carbonyl (C=O) groups is 1. The molecule has 3 aromatic rings. The molecule has 0 saturated carbocycles. The Morgan fingerprint density at radius 1 is 1.17 bits per heavy atom. The number of fused-ring (bicyclic) bond motifs is 1. The minimum Gasteiger partial charge on any atom is -0.496 e. The molecule has 1 heterocycles. The van der Waals surface area contributed by atoms with Crippen LogP contribution in [0.5, 0.6) is 5.75 Å². The molecular formula is C17H16N2O4S. The van der Waals surface area contributed by atoms with E-state index in [1.807, 2.05) is 6.92 Å². The van der Waals surface area contributed by atoms with E-state index in [9.17, 15) is 13.2 Å². The van der Waals surface area contributed by atoms with Crippen molar-refractivity contribution in [1.29, 1.82) is 0 Å². The van der Waals surface area contributed by atoms with E-state index in [0.717, 1.165) is 9.65 Å². The Balaban J connectivity index is 2.32. The van der Waals surface area contributed by atoms with Crippen LogP contribution in [0.4, 0.5) is 0 Å². The Hall–Kier alpha value is -2.67. The van der Waals surface area contributed by atoms with E-state index in [2.05, 4.69) is 5.10 Å². The van der Waals surface area contributed by atoms with Crippen molar-refractivity contribution in [2.24, 2.45) is 0 Å². The molecule has 6 nitrogen and oxygen atoms in total. The number of aldehydes is 1. The van der Waals surface area contributed by atoms with E-state index < -0.39 is 10.0 Å². The van der Waals surface area contributed by atoms with Gasteiger partial charge in [0.2, 0.25) is 0 Å². The molecular weight excluding hydrogens is 328 g/mol. The van der Waals surface area contributed by atoms with Crippen LogP contribution in [-0.2, 0) is 10.0 Å². The maximum atomic E-state index is 12.9. The Bertz CT molecular complexity index is 1030. The van der Waals surface area contributed by atoms with Crippen LogP contribution in [0.15, 0.2) is 41.4 Å². The zero-order valence-corrected chi connectivity index (χ0v) is 14.3. The first-order valence-corrected chi connectivity index (χ1v) is 8.67. The fraction of sp³-hybridized carbons (Fsp3) is 0.176. The van der Waals surface area contributed by atoms with Crippen LogP contribution in [0.1, 0.15) is 21.5 Å². The van der Waals surface area contributed by atoms with E-state index >= 15 is 0 Å². The van der Waals surface area contributed by atoms with Crippen LogP contribution in [0.25, 0.3) is 10.9 Å². The normalized spacial score (nSPS) is 11.6. The Kier molecular flexibility index (Phi) is 3.88. The highest BCUT2D eigenvalue weighted by atomic mass is 32.2. The first-order valence-electron chi connectivity index (χ1n) is 7.23. The minimum absolute atomic E-state index is 0.140. The van der Waals surface area contributed by atoms with Gasteiger partial charge in [0.05, 0.1) is 29.3 Å². The second-order valence-electron chi connectivity index (χ2n) is 5.50. The SMILES string of the molecule is COc1cc(C)c2c(cnn2S(=O)(=O)c2ccc(C)cc2)c1C=O. The van der Waals surface area contributed by atoms with Gasteiger partial charge >= 0.3 is 0 Å². The molecule has 0 radical (unpaired) electrons. The van der Waals surface area contributed by atoms with Gasteiger partial charge in [0.25, 0.3) is 10.0 Å². The van der Waals surface area contributed by atoms with Crippen molar-refractivity contribution in [2.75, 3.05) is 7.11 Å². The Morgan fingerprint density at radius 2 is 1.83 bits per heavy atom. The van der Waals surface area contributed by atoms with E-state index in [4.69, 9.17) is 4.74 Å². The largest absolute Gasteiger partial charge is 0.496 e. The summed E-state index contributed by atoms with van der Waals surface area (Å²) in [4.78, 5) is 11.6. The summed E-state index contributed by atoms with van der Waals surface area (Å²) in [6.45, 7) is 3.63. The molecule has 0 unspecified atom stereocenters. The molecule has 0 aliphatic heterocycles. The highest BCUT2D eigenvalue weighted by Crippen LogP contribution is 2.31. The third-order valence-electron chi connectivity index (χ3n) is 3.90.